The van der Waals surface area contributed by atoms with E-state index in [2.05, 4.69) is 15.0 Å². The van der Waals surface area contributed by atoms with Crippen molar-refractivity contribution < 1.29 is 51.9 Å². The topological polar surface area (TPSA) is 264 Å². The van der Waals surface area contributed by atoms with Crippen molar-refractivity contribution in [1.82, 2.24) is 18.9 Å². The molecular weight excluding hydrogens is 697 g/mol. The Labute approximate surface area is 257 Å². The molecule has 0 fully saturated rings. The van der Waals surface area contributed by atoms with Gasteiger partial charge in [0.1, 0.15) is 20.2 Å². The predicted octanol–water partition coefficient (Wildman–Crippen LogP) is 3.25. The van der Waals surface area contributed by atoms with Crippen LogP contribution in [0.2, 0.25) is 0 Å². The Balaban J connectivity index is 2.11. The number of rotatable bonds is 5. The lowest BCUT2D eigenvalue weighted by Crippen LogP contribution is -2.14. The molecule has 234 valence electrons. The van der Waals surface area contributed by atoms with Gasteiger partial charge < -0.3 is 4.98 Å². The number of aromatic nitrogens is 4. The number of nitrogens with one attached hydrogen (secondary N) is 1. The lowest BCUT2D eigenvalue weighted by Gasteiger charge is -2.07. The molecule has 16 nitrogen and oxygen atoms in total. The van der Waals surface area contributed by atoms with E-state index in [0.29, 0.717) is 11.8 Å². The Morgan fingerprint density at radius 3 is 1.73 bits per heavy atom. The third-order valence-corrected chi connectivity index (χ3v) is 10.8. The maximum absolute atomic E-state index is 13.1. The van der Waals surface area contributed by atoms with Crippen molar-refractivity contribution in [3.05, 3.63) is 64.6 Å². The first-order valence-corrected chi connectivity index (χ1v) is 18.6. The number of nitrogens with zero attached hydrogens (tertiary/aromatic N) is 3. The second-order valence-corrected chi connectivity index (χ2v) is 15.7. The largest absolute Gasteiger partial charge is 0.364 e. The molecule has 0 aliphatic carbocycles. The zero-order chi connectivity index (χ0) is 32.7. The van der Waals surface area contributed by atoms with Gasteiger partial charge in [-0.2, -0.15) is 33.7 Å². The van der Waals surface area contributed by atoms with E-state index in [1.807, 2.05) is 0 Å². The Morgan fingerprint density at radius 1 is 0.689 bits per heavy atom. The molecule has 5 N–H and O–H groups in total. The molecule has 6 heterocycles. The van der Waals surface area contributed by atoms with Crippen LogP contribution in [0.15, 0.2) is 56.5 Å². The highest BCUT2D eigenvalue weighted by atomic mass is 32.2. The summed E-state index contributed by atoms with van der Waals surface area (Å²) in [7, 11) is -22.8. The summed E-state index contributed by atoms with van der Waals surface area (Å²) in [6.45, 7) is 0. The lowest BCUT2D eigenvalue weighted by atomic mass is 10.2. The van der Waals surface area contributed by atoms with Gasteiger partial charge in [-0.15, -0.1) is 11.3 Å². The van der Waals surface area contributed by atoms with Crippen molar-refractivity contribution in [2.24, 2.45) is 0 Å². The average Bonchev–Trinajstić information content (AvgIpc) is 3.68. The Kier molecular flexibility index (Phi) is 7.04. The number of hydrogen-bond donors (Lipinski definition) is 5. The fourth-order valence-electron chi connectivity index (χ4n) is 4.86. The maximum atomic E-state index is 13.1. The van der Waals surface area contributed by atoms with Crippen molar-refractivity contribution in [3.8, 4) is 10.4 Å². The molecule has 0 atom stereocenters. The second kappa shape index (κ2) is 10.2. The van der Waals surface area contributed by atoms with Crippen LogP contribution in [0.3, 0.4) is 0 Å². The van der Waals surface area contributed by atoms with Crippen LogP contribution in [0, 0.1) is 0 Å². The van der Waals surface area contributed by atoms with E-state index < -0.39 is 77.5 Å². The van der Waals surface area contributed by atoms with Crippen molar-refractivity contribution in [3.63, 3.8) is 0 Å². The average molecular weight is 713 g/mol. The van der Waals surface area contributed by atoms with Gasteiger partial charge in [0.2, 0.25) is 0 Å². The third-order valence-electron chi connectivity index (χ3n) is 6.41. The van der Waals surface area contributed by atoms with Crippen LogP contribution in [-0.2, 0) is 40.7 Å². The minimum absolute atomic E-state index is 0.0467. The molecule has 45 heavy (non-hydrogen) atoms. The Bertz CT molecular complexity index is 2630. The van der Waals surface area contributed by atoms with Crippen LogP contribution in [-0.4, -0.2) is 70.8 Å². The summed E-state index contributed by atoms with van der Waals surface area (Å²) in [5.41, 5.74) is -3.72. The Hall–Kier alpha value is -4.06. The van der Waals surface area contributed by atoms with Gasteiger partial charge in [-0.05, 0) is 60.0 Å². The predicted molar refractivity (Wildman–Crippen MR) is 162 cm³/mol. The zero-order valence-electron chi connectivity index (χ0n) is 21.8. The van der Waals surface area contributed by atoms with E-state index in [9.17, 15) is 51.9 Å². The highest BCUT2D eigenvalue weighted by molar-refractivity contribution is 7.88. The van der Waals surface area contributed by atoms with Gasteiger partial charge in [-0.1, -0.05) is 6.07 Å². The number of H-pyrrole nitrogens is 1. The molecule has 6 rings (SSSR count). The fourth-order valence-corrected chi connectivity index (χ4v) is 9.22. The number of hydrogen-bond acceptors (Lipinski definition) is 11. The zero-order valence-corrected chi connectivity index (χ0v) is 25.9. The standard InChI is InChI=1S/C24H16N4O12S5/c29-42(30,31)19-11-16-9-14-4-3-12(25-14)8-13-5-6-15(26-13)10-17-20(18-2-1-7-41-18)23(43(32,33)34)22(28(17)45(38,39)40)24(21(19)27-16)44(35,36)37/h1-11,27H,(H,29,30,31)(H,32,33,34)(H,35,36,37)(H,38,39,40). The third kappa shape index (κ3) is 5.64. The molecule has 0 amide bonds. The van der Waals surface area contributed by atoms with Gasteiger partial charge in [0, 0.05) is 16.0 Å². The smallest absolute Gasteiger partial charge is 0.353 e. The van der Waals surface area contributed by atoms with Crippen LogP contribution in [0.4, 0.5) is 0 Å². The molecule has 0 saturated heterocycles. The van der Waals surface area contributed by atoms with Crippen molar-refractivity contribution in [2.45, 2.75) is 14.7 Å². The first kappa shape index (κ1) is 30.9. The molecule has 8 bridgehead atoms. The van der Waals surface area contributed by atoms with E-state index in [-0.39, 0.29) is 31.4 Å². The fraction of sp³-hybridized carbons (Fsp3) is 0. The van der Waals surface area contributed by atoms with E-state index in [0.717, 1.165) is 17.4 Å². The molecule has 21 heteroatoms. The van der Waals surface area contributed by atoms with Crippen LogP contribution in [0.25, 0.3) is 56.8 Å². The van der Waals surface area contributed by atoms with Gasteiger partial charge in [0.15, 0.2) is 0 Å². The van der Waals surface area contributed by atoms with E-state index in [1.165, 1.54) is 47.9 Å². The van der Waals surface area contributed by atoms with Gasteiger partial charge >= 0.3 is 10.3 Å². The van der Waals surface area contributed by atoms with Crippen LogP contribution in [0.1, 0.15) is 22.8 Å². The lowest BCUT2D eigenvalue weighted by molar-refractivity contribution is 0.475. The summed E-state index contributed by atoms with van der Waals surface area (Å²) in [4.78, 5) is 6.43. The van der Waals surface area contributed by atoms with Gasteiger partial charge in [0.25, 0.3) is 30.4 Å². The van der Waals surface area contributed by atoms with Crippen molar-refractivity contribution in [1.29, 1.82) is 0 Å². The maximum Gasteiger partial charge on any atom is 0.364 e. The summed E-state index contributed by atoms with van der Waals surface area (Å²) >= 11 is 0.816. The monoisotopic (exact) mass is 712 g/mol. The minimum Gasteiger partial charge on any atom is -0.353 e. The first-order valence-electron chi connectivity index (χ1n) is 12.0. The molecular formula is C24H16N4O12S5. The molecule has 0 aromatic carbocycles. The first-order chi connectivity index (χ1) is 20.8. The van der Waals surface area contributed by atoms with Crippen molar-refractivity contribution >= 4 is 98.4 Å². The van der Waals surface area contributed by atoms with Gasteiger partial charge in [-0.3, -0.25) is 18.2 Å². The molecule has 0 radical (unpaired) electrons. The van der Waals surface area contributed by atoms with Crippen molar-refractivity contribution in [2.75, 3.05) is 0 Å². The molecule has 4 aromatic rings. The van der Waals surface area contributed by atoms with Gasteiger partial charge in [-0.25, -0.2) is 13.9 Å². The van der Waals surface area contributed by atoms with E-state index >= 15 is 0 Å². The van der Waals surface area contributed by atoms with Crippen LogP contribution >= 0.6 is 11.3 Å². The highest BCUT2D eigenvalue weighted by Gasteiger charge is 2.37. The SMILES string of the molecule is O=S(=O)(O)c1cc2cc3nc(cc4nc(cc5c(-c6cccs6)c(S(=O)(=O)O)c(c(S(=O)(=O)O)c1[nH]2)n5S(=O)(=O)O)C=C4)C=C3. The summed E-state index contributed by atoms with van der Waals surface area (Å²) in [5.74, 6) is 0. The Morgan fingerprint density at radius 2 is 1.24 bits per heavy atom. The molecule has 2 aliphatic heterocycles. The number of thiophene rings is 1. The molecule has 4 aromatic heterocycles. The quantitative estimate of drug-likeness (QED) is 0.161. The molecule has 0 spiro atoms. The van der Waals surface area contributed by atoms with Crippen LogP contribution in [0.5, 0.6) is 0 Å². The number of aromatic amines is 1. The molecule has 0 unspecified atom stereocenters. The molecule has 2 aliphatic rings. The van der Waals surface area contributed by atoms with Gasteiger partial charge in [0.05, 0.1) is 33.8 Å². The molecule has 0 saturated carbocycles. The summed E-state index contributed by atoms with van der Waals surface area (Å²) in [6, 6.07) is 7.05. The van der Waals surface area contributed by atoms with E-state index in [4.69, 9.17) is 0 Å². The summed E-state index contributed by atoms with van der Waals surface area (Å²) < 4.78 is 145. The second-order valence-electron chi connectivity index (χ2n) is 9.40. The van der Waals surface area contributed by atoms with Crippen LogP contribution < -0.4 is 0 Å². The summed E-state index contributed by atoms with van der Waals surface area (Å²) in [5, 5.41) is 1.43. The number of fused-ring (bicyclic) bond motifs is 8. The highest BCUT2D eigenvalue weighted by Crippen LogP contribution is 2.43. The minimum atomic E-state index is -5.92. The van der Waals surface area contributed by atoms with E-state index in [1.54, 1.807) is 6.08 Å². The normalized spacial score (nSPS) is 13.9. The summed E-state index contributed by atoms with van der Waals surface area (Å²) in [6.07, 6.45) is 5.91.